The standard InChI is InChI=1S/C12H17ClN2O3S/c1-2-14-7-8-15-12(16)9-19(17,18)11-5-3-10(13)4-6-11/h3-6,14H,2,7-9H2,1H3,(H,15,16). The van der Waals surface area contributed by atoms with Crippen LogP contribution in [0.25, 0.3) is 0 Å². The fourth-order valence-corrected chi connectivity index (χ4v) is 2.71. The molecule has 7 heteroatoms. The smallest absolute Gasteiger partial charge is 0.235 e. The molecule has 2 N–H and O–H groups in total. The summed E-state index contributed by atoms with van der Waals surface area (Å²) in [4.78, 5) is 11.6. The van der Waals surface area contributed by atoms with Crippen molar-refractivity contribution >= 4 is 27.3 Å². The van der Waals surface area contributed by atoms with Gasteiger partial charge in [-0.1, -0.05) is 18.5 Å². The number of amides is 1. The molecular weight excluding hydrogens is 288 g/mol. The van der Waals surface area contributed by atoms with Gasteiger partial charge in [0.2, 0.25) is 5.91 Å². The maximum absolute atomic E-state index is 11.9. The summed E-state index contributed by atoms with van der Waals surface area (Å²) in [6.07, 6.45) is 0. The van der Waals surface area contributed by atoms with E-state index in [9.17, 15) is 13.2 Å². The molecule has 0 saturated heterocycles. The number of carbonyl (C=O) groups is 1. The summed E-state index contributed by atoms with van der Waals surface area (Å²) >= 11 is 5.68. The van der Waals surface area contributed by atoms with Crippen molar-refractivity contribution in [3.8, 4) is 0 Å². The number of benzene rings is 1. The van der Waals surface area contributed by atoms with Crippen LogP contribution in [0.4, 0.5) is 0 Å². The summed E-state index contributed by atoms with van der Waals surface area (Å²) in [7, 11) is -3.61. The van der Waals surface area contributed by atoms with Gasteiger partial charge in [-0.15, -0.1) is 0 Å². The highest BCUT2D eigenvalue weighted by molar-refractivity contribution is 7.92. The monoisotopic (exact) mass is 304 g/mol. The van der Waals surface area contributed by atoms with Gasteiger partial charge in [-0.2, -0.15) is 0 Å². The molecule has 0 bridgehead atoms. The highest BCUT2D eigenvalue weighted by atomic mass is 35.5. The van der Waals surface area contributed by atoms with Crippen molar-refractivity contribution in [3.05, 3.63) is 29.3 Å². The van der Waals surface area contributed by atoms with Crippen molar-refractivity contribution < 1.29 is 13.2 Å². The van der Waals surface area contributed by atoms with Gasteiger partial charge in [-0.05, 0) is 30.8 Å². The topological polar surface area (TPSA) is 75.3 Å². The van der Waals surface area contributed by atoms with E-state index in [1.54, 1.807) is 0 Å². The van der Waals surface area contributed by atoms with Gasteiger partial charge in [0, 0.05) is 18.1 Å². The lowest BCUT2D eigenvalue weighted by Gasteiger charge is -2.07. The second-order valence-corrected chi connectivity index (χ2v) is 6.34. The number of nitrogens with one attached hydrogen (secondary N) is 2. The Balaban J connectivity index is 2.55. The molecule has 0 aliphatic carbocycles. The SMILES string of the molecule is CCNCCNC(=O)CS(=O)(=O)c1ccc(Cl)cc1. The zero-order valence-electron chi connectivity index (χ0n) is 10.6. The number of hydrogen-bond acceptors (Lipinski definition) is 4. The fraction of sp³-hybridized carbons (Fsp3) is 0.417. The van der Waals surface area contributed by atoms with E-state index in [1.165, 1.54) is 24.3 Å². The number of halogens is 1. The summed E-state index contributed by atoms with van der Waals surface area (Å²) in [5.74, 6) is -1.06. The van der Waals surface area contributed by atoms with E-state index in [1.807, 2.05) is 6.92 Å². The van der Waals surface area contributed by atoms with E-state index in [0.717, 1.165) is 6.54 Å². The third-order valence-corrected chi connectivity index (χ3v) is 4.25. The third kappa shape index (κ3) is 5.59. The molecule has 0 aliphatic rings. The Bertz CT molecular complexity index is 514. The van der Waals surface area contributed by atoms with Crippen LogP contribution < -0.4 is 10.6 Å². The maximum atomic E-state index is 11.9. The summed E-state index contributed by atoms with van der Waals surface area (Å²) < 4.78 is 23.8. The molecule has 0 radical (unpaired) electrons. The van der Waals surface area contributed by atoms with E-state index in [-0.39, 0.29) is 4.90 Å². The minimum atomic E-state index is -3.61. The molecule has 1 aromatic rings. The molecule has 1 amide bonds. The van der Waals surface area contributed by atoms with Crippen LogP contribution in [0.2, 0.25) is 5.02 Å². The van der Waals surface area contributed by atoms with Crippen LogP contribution in [0.3, 0.4) is 0 Å². The first-order valence-electron chi connectivity index (χ1n) is 5.91. The van der Waals surface area contributed by atoms with Crippen LogP contribution in [0, 0.1) is 0 Å². The quantitative estimate of drug-likeness (QED) is 0.732. The van der Waals surface area contributed by atoms with Gasteiger partial charge in [0.1, 0.15) is 5.75 Å². The third-order valence-electron chi connectivity index (χ3n) is 2.37. The van der Waals surface area contributed by atoms with Gasteiger partial charge in [-0.25, -0.2) is 8.42 Å². The molecular formula is C12H17ClN2O3S. The first-order chi connectivity index (χ1) is 8.95. The molecule has 0 fully saturated rings. The normalized spacial score (nSPS) is 11.3. The average molecular weight is 305 g/mol. The molecule has 0 spiro atoms. The number of rotatable bonds is 7. The predicted molar refractivity (Wildman–Crippen MR) is 75.1 cm³/mol. The predicted octanol–water partition coefficient (Wildman–Crippen LogP) is 0.839. The van der Waals surface area contributed by atoms with Crippen LogP contribution in [-0.4, -0.2) is 39.7 Å². The molecule has 1 rings (SSSR count). The minimum absolute atomic E-state index is 0.0960. The summed E-state index contributed by atoms with van der Waals surface area (Å²) in [6, 6.07) is 5.75. The second-order valence-electron chi connectivity index (χ2n) is 3.92. The van der Waals surface area contributed by atoms with E-state index < -0.39 is 21.5 Å². The van der Waals surface area contributed by atoms with Crippen molar-refractivity contribution in [2.75, 3.05) is 25.4 Å². The van der Waals surface area contributed by atoms with Crippen molar-refractivity contribution in [2.45, 2.75) is 11.8 Å². The zero-order chi connectivity index (χ0) is 14.3. The van der Waals surface area contributed by atoms with E-state index in [4.69, 9.17) is 11.6 Å². The Kier molecular flexibility index (Phi) is 6.27. The highest BCUT2D eigenvalue weighted by Gasteiger charge is 2.18. The molecule has 5 nitrogen and oxygen atoms in total. The molecule has 19 heavy (non-hydrogen) atoms. The van der Waals surface area contributed by atoms with Gasteiger partial charge < -0.3 is 10.6 Å². The highest BCUT2D eigenvalue weighted by Crippen LogP contribution is 2.15. The fourth-order valence-electron chi connectivity index (χ4n) is 1.42. The molecule has 0 unspecified atom stereocenters. The Morgan fingerprint density at radius 2 is 1.84 bits per heavy atom. The lowest BCUT2D eigenvalue weighted by molar-refractivity contribution is -0.118. The maximum Gasteiger partial charge on any atom is 0.235 e. The van der Waals surface area contributed by atoms with E-state index >= 15 is 0 Å². The zero-order valence-corrected chi connectivity index (χ0v) is 12.2. The second kappa shape index (κ2) is 7.47. The molecule has 0 saturated carbocycles. The van der Waals surface area contributed by atoms with Crippen molar-refractivity contribution in [1.82, 2.24) is 10.6 Å². The Hall–Kier alpha value is -1.11. The summed E-state index contributed by atoms with van der Waals surface area (Å²) in [6.45, 7) is 3.78. The lowest BCUT2D eigenvalue weighted by atomic mass is 10.4. The van der Waals surface area contributed by atoms with Crippen LogP contribution in [0.1, 0.15) is 6.92 Å². The van der Waals surface area contributed by atoms with E-state index in [0.29, 0.717) is 18.1 Å². The first-order valence-corrected chi connectivity index (χ1v) is 7.94. The lowest BCUT2D eigenvalue weighted by Crippen LogP contribution is -2.35. The van der Waals surface area contributed by atoms with Gasteiger partial charge in [0.25, 0.3) is 0 Å². The number of carbonyl (C=O) groups excluding carboxylic acids is 1. The van der Waals surface area contributed by atoms with Crippen LogP contribution in [-0.2, 0) is 14.6 Å². The minimum Gasteiger partial charge on any atom is -0.354 e. The van der Waals surface area contributed by atoms with Crippen molar-refractivity contribution in [2.24, 2.45) is 0 Å². The summed E-state index contributed by atoms with van der Waals surface area (Å²) in [5, 5.41) is 6.03. The van der Waals surface area contributed by atoms with Gasteiger partial charge in [0.05, 0.1) is 4.90 Å². The largest absolute Gasteiger partial charge is 0.354 e. The molecule has 0 atom stereocenters. The number of likely N-dealkylation sites (N-methyl/N-ethyl adjacent to an activating group) is 1. The molecule has 1 aromatic carbocycles. The van der Waals surface area contributed by atoms with Gasteiger partial charge in [-0.3, -0.25) is 4.79 Å². The molecule has 0 heterocycles. The first kappa shape index (κ1) is 15.9. The summed E-state index contributed by atoms with van der Waals surface area (Å²) in [5.41, 5.74) is 0. The van der Waals surface area contributed by atoms with E-state index in [2.05, 4.69) is 10.6 Å². The van der Waals surface area contributed by atoms with Crippen molar-refractivity contribution in [3.63, 3.8) is 0 Å². The molecule has 106 valence electrons. The van der Waals surface area contributed by atoms with Crippen LogP contribution in [0.15, 0.2) is 29.2 Å². The average Bonchev–Trinajstić information content (AvgIpc) is 2.34. The Morgan fingerprint density at radius 3 is 2.42 bits per heavy atom. The number of hydrogen-bond donors (Lipinski definition) is 2. The molecule has 0 aromatic heterocycles. The van der Waals surface area contributed by atoms with Crippen LogP contribution >= 0.6 is 11.6 Å². The van der Waals surface area contributed by atoms with Gasteiger partial charge >= 0.3 is 0 Å². The van der Waals surface area contributed by atoms with Gasteiger partial charge in [0.15, 0.2) is 9.84 Å². The number of sulfone groups is 1. The van der Waals surface area contributed by atoms with Crippen molar-refractivity contribution in [1.29, 1.82) is 0 Å². The molecule has 0 aliphatic heterocycles. The van der Waals surface area contributed by atoms with Crippen LogP contribution in [0.5, 0.6) is 0 Å². The Labute approximate surface area is 118 Å². The Morgan fingerprint density at radius 1 is 1.21 bits per heavy atom.